The summed E-state index contributed by atoms with van der Waals surface area (Å²) < 4.78 is 0. The zero-order chi connectivity index (χ0) is 31.3. The summed E-state index contributed by atoms with van der Waals surface area (Å²) in [5.74, 6) is 0. The molecule has 0 unspecified atom stereocenters. The summed E-state index contributed by atoms with van der Waals surface area (Å²) in [4.78, 5) is 0. The highest BCUT2D eigenvalue weighted by Gasteiger charge is 2.19. The molecule has 0 saturated carbocycles. The monoisotopic (exact) mass is 581 g/mol. The van der Waals surface area contributed by atoms with Crippen molar-refractivity contribution in [2.24, 2.45) is 5.73 Å². The zero-order valence-corrected chi connectivity index (χ0v) is 26.5. The van der Waals surface area contributed by atoms with Crippen molar-refractivity contribution in [3.05, 3.63) is 163 Å². The quantitative estimate of drug-likeness (QED) is 0.159. The van der Waals surface area contributed by atoms with Crippen molar-refractivity contribution in [2.75, 3.05) is 0 Å². The van der Waals surface area contributed by atoms with Gasteiger partial charge in [-0.2, -0.15) is 0 Å². The van der Waals surface area contributed by atoms with Gasteiger partial charge in [-0.05, 0) is 115 Å². The predicted octanol–water partition coefficient (Wildman–Crippen LogP) is 12.4. The van der Waals surface area contributed by atoms with E-state index in [9.17, 15) is 0 Å². The molecule has 0 aliphatic rings. The van der Waals surface area contributed by atoms with Gasteiger partial charge in [-0.3, -0.25) is 0 Å². The number of allylic oxidation sites excluding steroid dienone is 3. The standard InChI is InChI=1S/C42H33N.C2H6/c1-3-29(25-26-43)30-14-12-15-31(27-30)41-36-19-8-10-21-38(36)42(39-22-11-9-20-37(39)41)40-24-23-35(32-16-5-4-13-28(32)2)33-17-6-7-18-34(33)40;1-2/h3-27H,43H2,1-2H3;1-2H3/b26-25-,29-3+;. The number of hydrogen-bond acceptors (Lipinski definition) is 1. The Labute approximate surface area is 267 Å². The third kappa shape index (κ3) is 5.32. The fraction of sp³-hybridized carbons (Fsp3) is 0.0909. The minimum absolute atomic E-state index is 1.11. The fourth-order valence-corrected chi connectivity index (χ4v) is 6.67. The molecule has 220 valence electrons. The summed E-state index contributed by atoms with van der Waals surface area (Å²) in [6, 6.07) is 48.7. The van der Waals surface area contributed by atoms with Crippen molar-refractivity contribution in [1.82, 2.24) is 0 Å². The first-order valence-corrected chi connectivity index (χ1v) is 15.9. The van der Waals surface area contributed by atoms with Crippen LogP contribution in [0.2, 0.25) is 0 Å². The van der Waals surface area contributed by atoms with Crippen LogP contribution in [0.15, 0.2) is 152 Å². The largest absolute Gasteiger partial charge is 0.405 e. The lowest BCUT2D eigenvalue weighted by Gasteiger charge is -2.20. The highest BCUT2D eigenvalue weighted by molar-refractivity contribution is 6.24. The Morgan fingerprint density at radius 1 is 0.511 bits per heavy atom. The van der Waals surface area contributed by atoms with Gasteiger partial charge in [0.25, 0.3) is 0 Å². The molecular formula is C44H39N. The van der Waals surface area contributed by atoms with Gasteiger partial charge in [0.05, 0.1) is 0 Å². The van der Waals surface area contributed by atoms with E-state index in [0.717, 1.165) is 11.1 Å². The van der Waals surface area contributed by atoms with E-state index in [1.54, 1.807) is 6.20 Å². The second kappa shape index (κ2) is 13.1. The Morgan fingerprint density at radius 2 is 1.02 bits per heavy atom. The Kier molecular flexibility index (Phi) is 8.62. The van der Waals surface area contributed by atoms with Crippen LogP contribution in [-0.4, -0.2) is 0 Å². The molecule has 7 rings (SSSR count). The van der Waals surface area contributed by atoms with E-state index >= 15 is 0 Å². The molecule has 0 atom stereocenters. The van der Waals surface area contributed by atoms with Gasteiger partial charge in [0.1, 0.15) is 0 Å². The van der Waals surface area contributed by atoms with Crippen molar-refractivity contribution in [2.45, 2.75) is 27.7 Å². The topological polar surface area (TPSA) is 26.0 Å². The maximum absolute atomic E-state index is 5.78. The summed E-state index contributed by atoms with van der Waals surface area (Å²) in [5.41, 5.74) is 16.8. The van der Waals surface area contributed by atoms with Crippen LogP contribution in [0.4, 0.5) is 0 Å². The van der Waals surface area contributed by atoms with E-state index in [1.165, 1.54) is 71.3 Å². The molecule has 0 spiro atoms. The van der Waals surface area contributed by atoms with Gasteiger partial charge in [0.2, 0.25) is 0 Å². The molecule has 1 nitrogen and oxygen atoms in total. The highest BCUT2D eigenvalue weighted by atomic mass is 14.5. The summed E-state index contributed by atoms with van der Waals surface area (Å²) >= 11 is 0. The second-order valence-corrected chi connectivity index (χ2v) is 11.0. The average Bonchev–Trinajstić information content (AvgIpc) is 3.10. The molecular weight excluding hydrogens is 542 g/mol. The van der Waals surface area contributed by atoms with Crippen LogP contribution in [0, 0.1) is 6.92 Å². The zero-order valence-electron chi connectivity index (χ0n) is 26.5. The number of benzene rings is 7. The average molecular weight is 582 g/mol. The van der Waals surface area contributed by atoms with Crippen molar-refractivity contribution in [3.8, 4) is 33.4 Å². The molecule has 7 aromatic carbocycles. The van der Waals surface area contributed by atoms with Gasteiger partial charge in [-0.15, -0.1) is 0 Å². The number of fused-ring (bicyclic) bond motifs is 3. The molecule has 0 saturated heterocycles. The lowest BCUT2D eigenvalue weighted by Crippen LogP contribution is -1.93. The molecule has 1 heteroatoms. The van der Waals surface area contributed by atoms with Crippen LogP contribution < -0.4 is 5.73 Å². The maximum atomic E-state index is 5.78. The normalized spacial score (nSPS) is 11.7. The second-order valence-electron chi connectivity index (χ2n) is 11.0. The highest BCUT2D eigenvalue weighted by Crippen LogP contribution is 2.46. The van der Waals surface area contributed by atoms with Crippen LogP contribution in [0.3, 0.4) is 0 Å². The third-order valence-electron chi connectivity index (χ3n) is 8.63. The Balaban J connectivity index is 0.00000175. The molecule has 2 N–H and O–H groups in total. The molecule has 0 bridgehead atoms. The fourth-order valence-electron chi connectivity index (χ4n) is 6.67. The van der Waals surface area contributed by atoms with E-state index in [-0.39, 0.29) is 0 Å². The van der Waals surface area contributed by atoms with Crippen molar-refractivity contribution in [3.63, 3.8) is 0 Å². The van der Waals surface area contributed by atoms with Crippen LogP contribution in [0.1, 0.15) is 31.9 Å². The summed E-state index contributed by atoms with van der Waals surface area (Å²) in [7, 11) is 0. The minimum atomic E-state index is 1.11. The van der Waals surface area contributed by atoms with Gasteiger partial charge in [-0.25, -0.2) is 0 Å². The smallest absolute Gasteiger partial charge is 0.00201 e. The van der Waals surface area contributed by atoms with Crippen LogP contribution in [-0.2, 0) is 0 Å². The van der Waals surface area contributed by atoms with Crippen molar-refractivity contribution in [1.29, 1.82) is 0 Å². The van der Waals surface area contributed by atoms with E-state index < -0.39 is 0 Å². The molecule has 0 radical (unpaired) electrons. The molecule has 7 aromatic rings. The minimum Gasteiger partial charge on any atom is -0.405 e. The van der Waals surface area contributed by atoms with Crippen LogP contribution >= 0.6 is 0 Å². The van der Waals surface area contributed by atoms with Crippen LogP contribution in [0.5, 0.6) is 0 Å². The number of aryl methyl sites for hydroxylation is 1. The summed E-state index contributed by atoms with van der Waals surface area (Å²) in [5, 5.41) is 7.53. The maximum Gasteiger partial charge on any atom is -0.00201 e. The van der Waals surface area contributed by atoms with E-state index in [1.807, 2.05) is 19.9 Å². The van der Waals surface area contributed by atoms with E-state index in [2.05, 4.69) is 153 Å². The van der Waals surface area contributed by atoms with Crippen LogP contribution in [0.25, 0.3) is 71.3 Å². The summed E-state index contributed by atoms with van der Waals surface area (Å²) in [6.07, 6.45) is 5.67. The first-order chi connectivity index (χ1) is 22.2. The Morgan fingerprint density at radius 3 is 1.60 bits per heavy atom. The van der Waals surface area contributed by atoms with E-state index in [4.69, 9.17) is 5.73 Å². The molecule has 0 amide bonds. The van der Waals surface area contributed by atoms with Gasteiger partial charge in [0.15, 0.2) is 0 Å². The van der Waals surface area contributed by atoms with Crippen molar-refractivity contribution >= 4 is 37.9 Å². The molecule has 0 heterocycles. The van der Waals surface area contributed by atoms with E-state index in [0.29, 0.717) is 0 Å². The Hall–Kier alpha value is -5.40. The number of nitrogens with two attached hydrogens (primary N) is 1. The lowest BCUT2D eigenvalue weighted by atomic mass is 9.83. The van der Waals surface area contributed by atoms with Gasteiger partial charge >= 0.3 is 0 Å². The molecule has 0 aliphatic carbocycles. The molecule has 0 fully saturated rings. The number of rotatable bonds is 5. The Bertz CT molecular complexity index is 2160. The van der Waals surface area contributed by atoms with Gasteiger partial charge < -0.3 is 5.73 Å². The third-order valence-corrected chi connectivity index (χ3v) is 8.63. The van der Waals surface area contributed by atoms with Crippen molar-refractivity contribution < 1.29 is 0 Å². The molecule has 0 aliphatic heterocycles. The molecule has 0 aromatic heterocycles. The predicted molar refractivity (Wildman–Crippen MR) is 198 cm³/mol. The van der Waals surface area contributed by atoms with Gasteiger partial charge in [-0.1, -0.05) is 147 Å². The molecule has 45 heavy (non-hydrogen) atoms. The summed E-state index contributed by atoms with van der Waals surface area (Å²) in [6.45, 7) is 8.24. The lowest BCUT2D eigenvalue weighted by molar-refractivity contribution is 1.47. The SMILES string of the molecule is C/C=C(\C=C/N)c1cccc(-c2c3ccccc3c(-c3ccc(-c4ccccc4C)c4ccccc34)c3ccccc23)c1.CC. The van der Waals surface area contributed by atoms with Gasteiger partial charge in [0, 0.05) is 0 Å². The number of hydrogen-bond donors (Lipinski definition) is 1. The first-order valence-electron chi connectivity index (χ1n) is 15.9. The first kappa shape index (κ1) is 29.7.